The molecule has 11 heteroatoms. The standard InChI is InChI=1S/C13H14F6O5/c1-2-10(5-3-4-6-10)24-8(20)7-23-9(21)11(22,12(14,15)16)13(17,18)19/h2,22H,1,3-7H2. The highest BCUT2D eigenvalue weighted by molar-refractivity contribution is 5.84. The molecule has 1 aliphatic carbocycles. The molecule has 0 unspecified atom stereocenters. The highest BCUT2D eigenvalue weighted by atomic mass is 19.4. The monoisotopic (exact) mass is 364 g/mol. The molecule has 5 nitrogen and oxygen atoms in total. The summed E-state index contributed by atoms with van der Waals surface area (Å²) >= 11 is 0. The molecule has 0 spiro atoms. The number of ether oxygens (including phenoxy) is 2. The highest BCUT2D eigenvalue weighted by Crippen LogP contribution is 2.43. The zero-order valence-electron chi connectivity index (χ0n) is 12.2. The van der Waals surface area contributed by atoms with Crippen LogP contribution in [0.4, 0.5) is 26.3 Å². The van der Waals surface area contributed by atoms with Crippen LogP contribution in [0, 0.1) is 0 Å². The summed E-state index contributed by atoms with van der Waals surface area (Å²) in [5.41, 5.74) is -6.82. The Morgan fingerprint density at radius 3 is 1.92 bits per heavy atom. The molecule has 1 rings (SSSR count). The molecule has 0 amide bonds. The number of halogens is 6. The summed E-state index contributed by atoms with van der Waals surface area (Å²) in [6.45, 7) is 1.93. The Morgan fingerprint density at radius 1 is 1.08 bits per heavy atom. The van der Waals surface area contributed by atoms with Crippen molar-refractivity contribution in [1.29, 1.82) is 0 Å². The van der Waals surface area contributed by atoms with E-state index >= 15 is 0 Å². The Bertz CT molecular complexity index is 490. The van der Waals surface area contributed by atoms with E-state index in [-0.39, 0.29) is 0 Å². The van der Waals surface area contributed by atoms with Gasteiger partial charge < -0.3 is 14.6 Å². The quantitative estimate of drug-likeness (QED) is 0.461. The summed E-state index contributed by atoms with van der Waals surface area (Å²) in [4.78, 5) is 22.6. The second-order valence-corrected chi connectivity index (χ2v) is 5.23. The topological polar surface area (TPSA) is 72.8 Å². The van der Waals surface area contributed by atoms with Crippen LogP contribution >= 0.6 is 0 Å². The van der Waals surface area contributed by atoms with Crippen molar-refractivity contribution in [2.24, 2.45) is 0 Å². The van der Waals surface area contributed by atoms with E-state index in [1.165, 1.54) is 6.08 Å². The molecule has 1 fully saturated rings. The smallest absolute Gasteiger partial charge is 0.437 e. The van der Waals surface area contributed by atoms with Crippen LogP contribution in [0.3, 0.4) is 0 Å². The van der Waals surface area contributed by atoms with Crippen LogP contribution in [0.15, 0.2) is 12.7 Å². The first kappa shape index (κ1) is 20.3. The van der Waals surface area contributed by atoms with Crippen molar-refractivity contribution in [2.75, 3.05) is 6.61 Å². The molecule has 138 valence electrons. The van der Waals surface area contributed by atoms with Crippen LogP contribution in [0.5, 0.6) is 0 Å². The number of carbonyl (C=O) groups excluding carboxylic acids is 2. The minimum Gasteiger partial charge on any atom is -0.452 e. The van der Waals surface area contributed by atoms with Crippen molar-refractivity contribution in [3.8, 4) is 0 Å². The van der Waals surface area contributed by atoms with Crippen molar-refractivity contribution in [1.82, 2.24) is 0 Å². The summed E-state index contributed by atoms with van der Waals surface area (Å²) in [6, 6.07) is 0. The molecule has 0 atom stereocenters. The molecule has 0 aromatic carbocycles. The molecule has 1 aliphatic rings. The van der Waals surface area contributed by atoms with Gasteiger partial charge in [-0.05, 0) is 31.8 Å². The van der Waals surface area contributed by atoms with Gasteiger partial charge in [-0.25, -0.2) is 9.59 Å². The van der Waals surface area contributed by atoms with E-state index in [0.29, 0.717) is 25.7 Å². The third-order valence-electron chi connectivity index (χ3n) is 3.58. The molecule has 1 saturated carbocycles. The molecular weight excluding hydrogens is 350 g/mol. The Balaban J connectivity index is 2.76. The molecule has 24 heavy (non-hydrogen) atoms. The number of hydrogen-bond donors (Lipinski definition) is 1. The van der Waals surface area contributed by atoms with Crippen LogP contribution in [0.2, 0.25) is 0 Å². The van der Waals surface area contributed by atoms with Gasteiger partial charge in [0.15, 0.2) is 6.61 Å². The molecule has 0 aromatic heterocycles. The molecule has 0 bridgehead atoms. The first-order chi connectivity index (χ1) is 10.8. The largest absolute Gasteiger partial charge is 0.452 e. The van der Waals surface area contributed by atoms with Gasteiger partial charge in [0, 0.05) is 0 Å². The maximum atomic E-state index is 12.4. The maximum Gasteiger partial charge on any atom is 0.437 e. The van der Waals surface area contributed by atoms with E-state index < -0.39 is 42.1 Å². The summed E-state index contributed by atoms with van der Waals surface area (Å²) < 4.78 is 83.1. The Hall–Kier alpha value is -1.78. The number of rotatable bonds is 5. The zero-order valence-corrected chi connectivity index (χ0v) is 12.2. The van der Waals surface area contributed by atoms with Crippen LogP contribution in [-0.4, -0.2) is 47.2 Å². The molecule has 0 heterocycles. The van der Waals surface area contributed by atoms with Crippen molar-refractivity contribution in [3.63, 3.8) is 0 Å². The maximum absolute atomic E-state index is 12.4. The highest BCUT2D eigenvalue weighted by Gasteiger charge is 2.76. The Kier molecular flexibility index (Phi) is 5.58. The average molecular weight is 364 g/mol. The Morgan fingerprint density at radius 2 is 1.54 bits per heavy atom. The first-order valence-electron chi connectivity index (χ1n) is 6.67. The number of esters is 2. The average Bonchev–Trinajstić information content (AvgIpc) is 2.90. The molecule has 1 N–H and O–H groups in total. The fourth-order valence-corrected chi connectivity index (χ4v) is 2.20. The van der Waals surface area contributed by atoms with Gasteiger partial charge in [-0.1, -0.05) is 6.58 Å². The van der Waals surface area contributed by atoms with E-state index in [0.717, 1.165) is 0 Å². The van der Waals surface area contributed by atoms with Gasteiger partial charge in [0.05, 0.1) is 0 Å². The molecular formula is C13H14F6O5. The van der Waals surface area contributed by atoms with Gasteiger partial charge in [-0.3, -0.25) is 0 Å². The minimum absolute atomic E-state index is 0.380. The van der Waals surface area contributed by atoms with E-state index in [4.69, 9.17) is 9.84 Å². The van der Waals surface area contributed by atoms with Crippen LogP contribution in [-0.2, 0) is 19.1 Å². The van der Waals surface area contributed by atoms with E-state index in [2.05, 4.69) is 11.3 Å². The summed E-state index contributed by atoms with van der Waals surface area (Å²) in [5.74, 6) is -4.41. The summed E-state index contributed by atoms with van der Waals surface area (Å²) in [7, 11) is 0. The van der Waals surface area contributed by atoms with Crippen LogP contribution in [0.1, 0.15) is 25.7 Å². The Labute approximate surface area is 132 Å². The number of carbonyl (C=O) groups is 2. The molecule has 0 saturated heterocycles. The lowest BCUT2D eigenvalue weighted by atomic mass is 10.0. The fourth-order valence-electron chi connectivity index (χ4n) is 2.20. The van der Waals surface area contributed by atoms with Crippen molar-refractivity contribution in [3.05, 3.63) is 12.7 Å². The van der Waals surface area contributed by atoms with E-state index in [1.54, 1.807) is 0 Å². The van der Waals surface area contributed by atoms with Gasteiger partial charge in [0.2, 0.25) is 0 Å². The van der Waals surface area contributed by atoms with Gasteiger partial charge in [0.25, 0.3) is 0 Å². The SMILES string of the molecule is C=CC1(OC(=O)COC(=O)C(O)(C(F)(F)F)C(F)(F)F)CCCC1. The molecule has 0 aliphatic heterocycles. The third kappa shape index (κ3) is 3.82. The summed E-state index contributed by atoms with van der Waals surface area (Å²) in [5, 5.41) is 8.75. The fraction of sp³-hybridized carbons (Fsp3) is 0.692. The normalized spacial score (nSPS) is 18.1. The lowest BCUT2D eigenvalue weighted by molar-refractivity contribution is -0.356. The predicted molar refractivity (Wildman–Crippen MR) is 65.5 cm³/mol. The zero-order chi connectivity index (χ0) is 18.8. The second-order valence-electron chi connectivity index (χ2n) is 5.23. The predicted octanol–water partition coefficient (Wildman–Crippen LogP) is 2.43. The number of hydrogen-bond acceptors (Lipinski definition) is 5. The number of aliphatic hydroxyl groups is 1. The van der Waals surface area contributed by atoms with Crippen LogP contribution in [0.25, 0.3) is 0 Å². The van der Waals surface area contributed by atoms with Crippen molar-refractivity contribution in [2.45, 2.75) is 49.2 Å². The van der Waals surface area contributed by atoms with Crippen molar-refractivity contribution >= 4 is 11.9 Å². The van der Waals surface area contributed by atoms with E-state index in [1.807, 2.05) is 0 Å². The lowest BCUT2D eigenvalue weighted by Crippen LogP contribution is -2.63. The summed E-state index contributed by atoms with van der Waals surface area (Å²) in [6.07, 6.45) is -9.33. The van der Waals surface area contributed by atoms with E-state index in [9.17, 15) is 35.9 Å². The van der Waals surface area contributed by atoms with Crippen molar-refractivity contribution < 1.29 is 50.5 Å². The van der Waals surface area contributed by atoms with Gasteiger partial charge in [-0.2, -0.15) is 26.3 Å². The molecule has 0 radical (unpaired) electrons. The first-order valence-corrected chi connectivity index (χ1v) is 6.67. The second kappa shape index (κ2) is 6.61. The van der Waals surface area contributed by atoms with Gasteiger partial charge in [-0.15, -0.1) is 0 Å². The third-order valence-corrected chi connectivity index (χ3v) is 3.58. The molecule has 0 aromatic rings. The van der Waals surface area contributed by atoms with Gasteiger partial charge >= 0.3 is 29.9 Å². The minimum atomic E-state index is -6.37. The van der Waals surface area contributed by atoms with Crippen LogP contribution < -0.4 is 0 Å². The lowest BCUT2D eigenvalue weighted by Gasteiger charge is -2.30. The number of alkyl halides is 6. The van der Waals surface area contributed by atoms with Gasteiger partial charge in [0.1, 0.15) is 5.60 Å².